The lowest BCUT2D eigenvalue weighted by Gasteiger charge is -2.33. The predicted molar refractivity (Wildman–Crippen MR) is 51.1 cm³/mol. The van der Waals surface area contributed by atoms with E-state index in [0.29, 0.717) is 0 Å². The molecule has 0 spiro atoms. The van der Waals surface area contributed by atoms with Crippen LogP contribution in [0.1, 0.15) is 20.3 Å². The molecular formula is C9H12Cl2. The maximum absolute atomic E-state index is 6.11. The van der Waals surface area contributed by atoms with Gasteiger partial charge in [0.1, 0.15) is 0 Å². The van der Waals surface area contributed by atoms with Gasteiger partial charge in [0.05, 0.1) is 5.38 Å². The van der Waals surface area contributed by atoms with E-state index in [0.717, 1.165) is 11.5 Å². The Morgan fingerprint density at radius 2 is 2.27 bits per heavy atom. The lowest BCUT2D eigenvalue weighted by Crippen LogP contribution is -2.28. The summed E-state index contributed by atoms with van der Waals surface area (Å²) in [5, 5.41) is 0.896. The zero-order valence-corrected chi connectivity index (χ0v) is 8.28. The van der Waals surface area contributed by atoms with Gasteiger partial charge in [-0.25, -0.2) is 0 Å². The van der Waals surface area contributed by atoms with E-state index in [9.17, 15) is 0 Å². The number of hydrogen-bond acceptors (Lipinski definition) is 0. The van der Waals surface area contributed by atoms with Gasteiger partial charge in [-0.1, -0.05) is 37.6 Å². The predicted octanol–water partition coefficient (Wildman–Crippen LogP) is 3.70. The molecule has 0 nitrogen and oxygen atoms in total. The van der Waals surface area contributed by atoms with Gasteiger partial charge in [0.2, 0.25) is 0 Å². The highest BCUT2D eigenvalue weighted by Gasteiger charge is 2.34. The Morgan fingerprint density at radius 3 is 2.64 bits per heavy atom. The minimum absolute atomic E-state index is 0.0324. The molecule has 2 unspecified atom stereocenters. The van der Waals surface area contributed by atoms with Gasteiger partial charge in [-0.3, -0.25) is 0 Å². The van der Waals surface area contributed by atoms with Crippen LogP contribution in [0.15, 0.2) is 23.3 Å². The normalized spacial score (nSPS) is 37.1. The van der Waals surface area contributed by atoms with E-state index in [2.05, 4.69) is 13.8 Å². The summed E-state index contributed by atoms with van der Waals surface area (Å²) in [6.07, 6.45) is 6.79. The molecule has 0 fully saturated rings. The average Bonchev–Trinajstić information content (AvgIpc) is 2.00. The zero-order chi connectivity index (χ0) is 8.48. The van der Waals surface area contributed by atoms with Crippen LogP contribution < -0.4 is 0 Å². The SMILES string of the molecule is CCC1(C)C(Cl)=CC=CC1Cl. The lowest BCUT2D eigenvalue weighted by molar-refractivity contribution is 0.409. The topological polar surface area (TPSA) is 0 Å². The smallest absolute Gasteiger partial charge is 0.0621 e. The van der Waals surface area contributed by atoms with Crippen molar-refractivity contribution in [2.45, 2.75) is 25.6 Å². The second-order valence-electron chi connectivity index (χ2n) is 3.07. The fourth-order valence-corrected chi connectivity index (χ4v) is 1.87. The van der Waals surface area contributed by atoms with Gasteiger partial charge >= 0.3 is 0 Å². The number of rotatable bonds is 1. The molecule has 0 N–H and O–H groups in total. The molecule has 0 radical (unpaired) electrons. The molecule has 0 aromatic carbocycles. The highest BCUT2D eigenvalue weighted by atomic mass is 35.5. The highest BCUT2D eigenvalue weighted by molar-refractivity contribution is 6.32. The standard InChI is InChI=1S/C9H12Cl2/c1-3-9(2)7(10)5-4-6-8(9)11/h4-7H,3H2,1-2H3. The van der Waals surface area contributed by atoms with E-state index < -0.39 is 0 Å². The molecule has 1 aliphatic carbocycles. The van der Waals surface area contributed by atoms with E-state index >= 15 is 0 Å². The lowest BCUT2D eigenvalue weighted by atomic mass is 9.80. The van der Waals surface area contributed by atoms with Crippen molar-refractivity contribution in [3.63, 3.8) is 0 Å². The van der Waals surface area contributed by atoms with E-state index in [-0.39, 0.29) is 10.8 Å². The van der Waals surface area contributed by atoms with E-state index in [1.807, 2.05) is 18.2 Å². The summed E-state index contributed by atoms with van der Waals surface area (Å²) in [6, 6.07) is 0. The summed E-state index contributed by atoms with van der Waals surface area (Å²) in [5.74, 6) is 0. The van der Waals surface area contributed by atoms with Crippen molar-refractivity contribution < 1.29 is 0 Å². The minimum Gasteiger partial charge on any atom is -0.117 e. The van der Waals surface area contributed by atoms with E-state index in [1.54, 1.807) is 0 Å². The molecule has 62 valence electrons. The third-order valence-electron chi connectivity index (χ3n) is 2.41. The molecule has 1 rings (SSSR count). The molecule has 0 aromatic heterocycles. The van der Waals surface area contributed by atoms with Crippen molar-refractivity contribution in [1.82, 2.24) is 0 Å². The van der Waals surface area contributed by atoms with Crippen molar-refractivity contribution in [1.29, 1.82) is 0 Å². The molecule has 0 bridgehead atoms. The molecule has 0 amide bonds. The van der Waals surface area contributed by atoms with Gasteiger partial charge in [-0.15, -0.1) is 11.6 Å². The first-order chi connectivity index (χ1) is 5.11. The monoisotopic (exact) mass is 190 g/mol. The van der Waals surface area contributed by atoms with Crippen molar-refractivity contribution in [3.8, 4) is 0 Å². The Kier molecular flexibility index (Phi) is 2.66. The third-order valence-corrected chi connectivity index (χ3v) is 3.60. The third kappa shape index (κ3) is 1.47. The molecule has 0 aromatic rings. The average molecular weight is 191 g/mol. The quantitative estimate of drug-likeness (QED) is 0.554. The van der Waals surface area contributed by atoms with Crippen LogP contribution in [0.2, 0.25) is 0 Å². The number of halogens is 2. The molecule has 0 aliphatic heterocycles. The first kappa shape index (κ1) is 9.15. The molecule has 2 heteroatoms. The fourth-order valence-electron chi connectivity index (χ4n) is 1.14. The molecule has 2 atom stereocenters. The number of alkyl halides is 1. The van der Waals surface area contributed by atoms with Crippen molar-refractivity contribution >= 4 is 23.2 Å². The largest absolute Gasteiger partial charge is 0.117 e. The van der Waals surface area contributed by atoms with Crippen LogP contribution in [0, 0.1) is 5.41 Å². The van der Waals surface area contributed by atoms with Crippen LogP contribution in [0.4, 0.5) is 0 Å². The van der Waals surface area contributed by atoms with Crippen LogP contribution in [-0.2, 0) is 0 Å². The summed E-state index contributed by atoms with van der Waals surface area (Å²) < 4.78 is 0. The number of allylic oxidation sites excluding steroid dienone is 4. The van der Waals surface area contributed by atoms with Crippen LogP contribution in [-0.4, -0.2) is 5.38 Å². The Labute approximate surface area is 77.9 Å². The number of hydrogen-bond donors (Lipinski definition) is 0. The summed E-state index contributed by atoms with van der Waals surface area (Å²) in [5.41, 5.74) is -0.0577. The molecule has 0 saturated heterocycles. The van der Waals surface area contributed by atoms with Crippen LogP contribution in [0.3, 0.4) is 0 Å². The van der Waals surface area contributed by atoms with Crippen LogP contribution in [0.25, 0.3) is 0 Å². The van der Waals surface area contributed by atoms with Gasteiger partial charge in [-0.2, -0.15) is 0 Å². The molecule has 11 heavy (non-hydrogen) atoms. The van der Waals surface area contributed by atoms with Crippen LogP contribution >= 0.6 is 23.2 Å². The summed E-state index contributed by atoms with van der Waals surface area (Å²) in [4.78, 5) is 0. The molecular weight excluding hydrogens is 179 g/mol. The van der Waals surface area contributed by atoms with Gasteiger partial charge in [0.15, 0.2) is 0 Å². The molecule has 1 aliphatic rings. The van der Waals surface area contributed by atoms with Gasteiger partial charge in [0, 0.05) is 10.4 Å². The van der Waals surface area contributed by atoms with Crippen molar-refractivity contribution in [3.05, 3.63) is 23.3 Å². The second-order valence-corrected chi connectivity index (χ2v) is 3.95. The maximum atomic E-state index is 6.11. The van der Waals surface area contributed by atoms with E-state index in [1.165, 1.54) is 0 Å². The van der Waals surface area contributed by atoms with Gasteiger partial charge in [0.25, 0.3) is 0 Å². The van der Waals surface area contributed by atoms with Crippen LogP contribution in [0.5, 0.6) is 0 Å². The van der Waals surface area contributed by atoms with E-state index in [4.69, 9.17) is 23.2 Å². The Hall–Kier alpha value is 0.0600. The van der Waals surface area contributed by atoms with Crippen molar-refractivity contribution in [2.24, 2.45) is 5.41 Å². The first-order valence-corrected chi connectivity index (χ1v) is 4.61. The first-order valence-electron chi connectivity index (χ1n) is 3.80. The molecule has 0 saturated carbocycles. The summed E-state index contributed by atoms with van der Waals surface area (Å²) in [7, 11) is 0. The fraction of sp³-hybridized carbons (Fsp3) is 0.556. The Bertz CT molecular complexity index is 206. The zero-order valence-electron chi connectivity index (χ0n) is 6.77. The maximum Gasteiger partial charge on any atom is 0.0621 e. The summed E-state index contributed by atoms with van der Waals surface area (Å²) in [6.45, 7) is 4.19. The van der Waals surface area contributed by atoms with Crippen molar-refractivity contribution in [2.75, 3.05) is 0 Å². The van der Waals surface area contributed by atoms with Gasteiger partial charge in [-0.05, 0) is 12.5 Å². The minimum atomic E-state index is -0.0577. The molecule has 0 heterocycles. The Balaban J connectivity index is 2.94. The summed E-state index contributed by atoms with van der Waals surface area (Å²) >= 11 is 12.2. The Morgan fingerprint density at radius 1 is 1.64 bits per heavy atom. The van der Waals surface area contributed by atoms with Gasteiger partial charge < -0.3 is 0 Å². The highest BCUT2D eigenvalue weighted by Crippen LogP contribution is 2.42. The second kappa shape index (κ2) is 3.20.